The molecule has 0 unspecified atom stereocenters. The van der Waals surface area contributed by atoms with Gasteiger partial charge in [0.15, 0.2) is 0 Å². The van der Waals surface area contributed by atoms with Gasteiger partial charge in [-0.15, -0.1) is 0 Å². The number of aromatic nitrogens is 2. The molecule has 1 amide bonds. The Kier molecular flexibility index (Phi) is 5.23. The van der Waals surface area contributed by atoms with E-state index < -0.39 is 0 Å². The molecule has 0 N–H and O–H groups in total. The molecule has 1 saturated heterocycles. The van der Waals surface area contributed by atoms with Crippen LogP contribution >= 0.6 is 0 Å². The monoisotopic (exact) mass is 318 g/mol. The first kappa shape index (κ1) is 16.3. The van der Waals surface area contributed by atoms with Crippen molar-refractivity contribution in [2.24, 2.45) is 5.92 Å². The molecule has 2 atom stereocenters. The average Bonchev–Trinajstić information content (AvgIpc) is 3.26. The molecule has 2 aliphatic rings. The topological polar surface area (TPSA) is 58.6 Å². The second-order valence-electron chi connectivity index (χ2n) is 6.73. The molecule has 1 aromatic heterocycles. The van der Waals surface area contributed by atoms with Crippen LogP contribution in [0, 0.1) is 5.92 Å². The fourth-order valence-electron chi connectivity index (χ4n) is 2.96. The van der Waals surface area contributed by atoms with Crippen LogP contribution in [0.25, 0.3) is 0 Å². The Morgan fingerprint density at radius 2 is 2.13 bits per heavy atom. The predicted molar refractivity (Wildman–Crippen MR) is 86.6 cm³/mol. The highest BCUT2D eigenvalue weighted by atomic mass is 16.5. The first-order valence-electron chi connectivity index (χ1n) is 8.50. The van der Waals surface area contributed by atoms with Crippen molar-refractivity contribution in [3.63, 3.8) is 0 Å². The summed E-state index contributed by atoms with van der Waals surface area (Å²) in [4.78, 5) is 25.2. The van der Waals surface area contributed by atoms with Crippen LogP contribution in [0.4, 0.5) is 0 Å². The summed E-state index contributed by atoms with van der Waals surface area (Å²) in [6.07, 6.45) is 6.69. The largest absolute Gasteiger partial charge is 0.368 e. The summed E-state index contributed by atoms with van der Waals surface area (Å²) in [6, 6.07) is 2.18. The maximum atomic E-state index is 12.5. The number of hydrogen-bond acceptors (Lipinski definition) is 5. The first-order valence-corrected chi connectivity index (χ1v) is 8.50. The molecule has 1 aliphatic heterocycles. The molecule has 0 spiro atoms. The number of carbonyl (C=O) groups is 1. The summed E-state index contributed by atoms with van der Waals surface area (Å²) < 4.78 is 5.71. The van der Waals surface area contributed by atoms with Crippen molar-refractivity contribution in [1.82, 2.24) is 19.8 Å². The van der Waals surface area contributed by atoms with Crippen LogP contribution in [0.5, 0.6) is 0 Å². The number of likely N-dealkylation sites (tertiary alicyclic amines) is 1. The number of amides is 1. The minimum Gasteiger partial charge on any atom is -0.368 e. The standard InChI is InChI=1S/C17H26N4O2/c1-13(23-12-14-4-5-14)17(22)21-9-6-15(10-21)20(2)11-16-18-7-3-8-19-16/h3,7-8,13-15H,4-6,9-12H2,1-2H3/t13-,15-/m0/s1. The van der Waals surface area contributed by atoms with Gasteiger partial charge in [0, 0.05) is 31.5 Å². The van der Waals surface area contributed by atoms with Crippen molar-refractivity contribution < 1.29 is 9.53 Å². The van der Waals surface area contributed by atoms with Crippen LogP contribution in [0.1, 0.15) is 32.0 Å². The van der Waals surface area contributed by atoms with E-state index in [0.29, 0.717) is 18.5 Å². The molecule has 2 heterocycles. The van der Waals surface area contributed by atoms with E-state index in [1.165, 1.54) is 12.8 Å². The van der Waals surface area contributed by atoms with E-state index >= 15 is 0 Å². The number of hydrogen-bond donors (Lipinski definition) is 0. The smallest absolute Gasteiger partial charge is 0.251 e. The molecule has 0 bridgehead atoms. The van der Waals surface area contributed by atoms with E-state index in [1.807, 2.05) is 17.9 Å². The van der Waals surface area contributed by atoms with Crippen LogP contribution in [0.3, 0.4) is 0 Å². The molecule has 23 heavy (non-hydrogen) atoms. The van der Waals surface area contributed by atoms with Gasteiger partial charge in [-0.1, -0.05) is 0 Å². The molecular formula is C17H26N4O2. The Morgan fingerprint density at radius 3 is 2.83 bits per heavy atom. The average molecular weight is 318 g/mol. The quantitative estimate of drug-likeness (QED) is 0.759. The third-order valence-corrected chi connectivity index (χ3v) is 4.74. The van der Waals surface area contributed by atoms with Crippen LogP contribution in [0.2, 0.25) is 0 Å². The lowest BCUT2D eigenvalue weighted by atomic mass is 10.2. The third-order valence-electron chi connectivity index (χ3n) is 4.74. The van der Waals surface area contributed by atoms with Gasteiger partial charge in [-0.25, -0.2) is 9.97 Å². The zero-order chi connectivity index (χ0) is 16.2. The summed E-state index contributed by atoms with van der Waals surface area (Å²) in [5.41, 5.74) is 0. The summed E-state index contributed by atoms with van der Waals surface area (Å²) in [7, 11) is 2.07. The molecular weight excluding hydrogens is 292 g/mol. The first-order chi connectivity index (χ1) is 11.1. The lowest BCUT2D eigenvalue weighted by Crippen LogP contribution is -2.40. The van der Waals surface area contributed by atoms with Crippen molar-refractivity contribution in [1.29, 1.82) is 0 Å². The summed E-state index contributed by atoms with van der Waals surface area (Å²) in [6.45, 7) is 4.89. The van der Waals surface area contributed by atoms with Gasteiger partial charge in [-0.05, 0) is 45.2 Å². The zero-order valence-electron chi connectivity index (χ0n) is 14.0. The lowest BCUT2D eigenvalue weighted by molar-refractivity contribution is -0.142. The highest BCUT2D eigenvalue weighted by molar-refractivity contribution is 5.80. The van der Waals surface area contributed by atoms with Crippen molar-refractivity contribution in [2.45, 2.75) is 44.9 Å². The van der Waals surface area contributed by atoms with Crippen molar-refractivity contribution in [2.75, 3.05) is 26.7 Å². The van der Waals surface area contributed by atoms with Crippen molar-refractivity contribution in [3.05, 3.63) is 24.3 Å². The van der Waals surface area contributed by atoms with E-state index in [0.717, 1.165) is 31.9 Å². The second kappa shape index (κ2) is 7.36. The second-order valence-corrected chi connectivity index (χ2v) is 6.73. The van der Waals surface area contributed by atoms with Gasteiger partial charge in [0.25, 0.3) is 5.91 Å². The van der Waals surface area contributed by atoms with Gasteiger partial charge in [0.05, 0.1) is 13.2 Å². The Hall–Kier alpha value is -1.53. The predicted octanol–water partition coefficient (Wildman–Crippen LogP) is 1.32. The van der Waals surface area contributed by atoms with Crippen molar-refractivity contribution >= 4 is 5.91 Å². The summed E-state index contributed by atoms with van der Waals surface area (Å²) >= 11 is 0. The molecule has 1 aliphatic carbocycles. The molecule has 2 fully saturated rings. The normalized spacial score (nSPS) is 22.6. The van der Waals surface area contributed by atoms with Crippen LogP contribution < -0.4 is 0 Å². The number of nitrogens with zero attached hydrogens (tertiary/aromatic N) is 4. The number of likely N-dealkylation sites (N-methyl/N-ethyl adjacent to an activating group) is 1. The fourth-order valence-corrected chi connectivity index (χ4v) is 2.96. The lowest BCUT2D eigenvalue weighted by Gasteiger charge is -2.25. The zero-order valence-corrected chi connectivity index (χ0v) is 14.0. The van der Waals surface area contributed by atoms with Crippen molar-refractivity contribution in [3.8, 4) is 0 Å². The van der Waals surface area contributed by atoms with E-state index in [4.69, 9.17) is 4.74 Å². The SMILES string of the molecule is C[C@H](OCC1CC1)C(=O)N1CC[C@H](N(C)Cc2ncccn2)C1. The van der Waals surface area contributed by atoms with Gasteiger partial charge in [0.2, 0.25) is 0 Å². The Bertz CT molecular complexity index is 521. The van der Waals surface area contributed by atoms with E-state index in [-0.39, 0.29) is 12.0 Å². The molecule has 1 saturated carbocycles. The Balaban J connectivity index is 1.46. The third kappa shape index (κ3) is 4.48. The number of carbonyl (C=O) groups excluding carboxylic acids is 1. The van der Waals surface area contributed by atoms with Crippen LogP contribution in [-0.4, -0.2) is 64.6 Å². The van der Waals surface area contributed by atoms with E-state index in [1.54, 1.807) is 12.4 Å². The number of ether oxygens (including phenoxy) is 1. The van der Waals surface area contributed by atoms with E-state index in [9.17, 15) is 4.79 Å². The van der Waals surface area contributed by atoms with Gasteiger partial charge < -0.3 is 9.64 Å². The molecule has 3 rings (SSSR count). The minimum atomic E-state index is -0.322. The molecule has 6 heteroatoms. The molecule has 6 nitrogen and oxygen atoms in total. The molecule has 0 radical (unpaired) electrons. The number of rotatable bonds is 7. The molecule has 0 aromatic carbocycles. The van der Waals surface area contributed by atoms with Crippen LogP contribution in [0.15, 0.2) is 18.5 Å². The summed E-state index contributed by atoms with van der Waals surface area (Å²) in [5, 5.41) is 0. The maximum absolute atomic E-state index is 12.5. The Labute approximate surface area is 137 Å². The van der Waals surface area contributed by atoms with Gasteiger partial charge in [-0.2, -0.15) is 0 Å². The van der Waals surface area contributed by atoms with Crippen LogP contribution in [-0.2, 0) is 16.1 Å². The maximum Gasteiger partial charge on any atom is 0.251 e. The highest BCUT2D eigenvalue weighted by Gasteiger charge is 2.32. The Morgan fingerprint density at radius 1 is 1.39 bits per heavy atom. The highest BCUT2D eigenvalue weighted by Crippen LogP contribution is 2.29. The minimum absolute atomic E-state index is 0.123. The van der Waals surface area contributed by atoms with Gasteiger partial charge in [-0.3, -0.25) is 9.69 Å². The molecule has 1 aromatic rings. The van der Waals surface area contributed by atoms with Gasteiger partial charge >= 0.3 is 0 Å². The van der Waals surface area contributed by atoms with E-state index in [2.05, 4.69) is 21.9 Å². The fraction of sp³-hybridized carbons (Fsp3) is 0.706. The van der Waals surface area contributed by atoms with Gasteiger partial charge in [0.1, 0.15) is 11.9 Å². The molecule has 126 valence electrons. The summed E-state index contributed by atoms with van der Waals surface area (Å²) in [5.74, 6) is 1.63.